The molecule has 0 spiro atoms. The molecule has 1 saturated carbocycles. The second kappa shape index (κ2) is 30.0. The van der Waals surface area contributed by atoms with Crippen LogP contribution in [0, 0.1) is 0 Å². The Hall–Kier alpha value is -5.92. The molecule has 19 heteroatoms. The zero-order chi connectivity index (χ0) is 50.0. The summed E-state index contributed by atoms with van der Waals surface area (Å²) >= 11 is 6.01. The highest BCUT2D eigenvalue weighted by atomic mass is 35.5. The summed E-state index contributed by atoms with van der Waals surface area (Å²) in [5.41, 5.74) is 3.18. The summed E-state index contributed by atoms with van der Waals surface area (Å²) in [6.45, 7) is 6.16. The Morgan fingerprint density at radius 3 is 2.16 bits per heavy atom. The molecule has 5 N–H and O–H groups in total. The molecule has 1 aliphatic carbocycles. The number of carbonyl (C=O) groups excluding carboxylic acids is 2. The van der Waals surface area contributed by atoms with Crippen molar-refractivity contribution >= 4 is 41.0 Å². The van der Waals surface area contributed by atoms with Gasteiger partial charge in [-0.2, -0.15) is 5.10 Å². The molecular formula is C51H67ClF2N8O8. The summed E-state index contributed by atoms with van der Waals surface area (Å²) in [5, 5.41) is 10.2. The van der Waals surface area contributed by atoms with Crippen LogP contribution in [0.5, 0.6) is 11.5 Å². The van der Waals surface area contributed by atoms with Crippen molar-refractivity contribution in [3.8, 4) is 11.5 Å². The highest BCUT2D eigenvalue weighted by Gasteiger charge is 2.51. The van der Waals surface area contributed by atoms with E-state index in [2.05, 4.69) is 30.6 Å². The fraction of sp³-hybridized carbons (Fsp3) is 0.471. The number of aliphatic imine (C=N–C) groups is 1. The summed E-state index contributed by atoms with van der Waals surface area (Å²) in [7, 11) is 3.92. The van der Waals surface area contributed by atoms with Crippen LogP contribution in [0.3, 0.4) is 0 Å². The number of anilines is 1. The third kappa shape index (κ3) is 19.8. The maximum absolute atomic E-state index is 14.3. The number of alkyl halides is 2. The molecular weight excluding hydrogens is 926 g/mol. The van der Waals surface area contributed by atoms with Crippen LogP contribution >= 0.6 is 11.6 Å². The van der Waals surface area contributed by atoms with Crippen molar-refractivity contribution in [2.24, 2.45) is 15.9 Å². The Balaban J connectivity index is 0.914. The summed E-state index contributed by atoms with van der Waals surface area (Å²) in [6, 6.07) is 22.6. The van der Waals surface area contributed by atoms with Gasteiger partial charge in [0, 0.05) is 86.6 Å². The fourth-order valence-corrected chi connectivity index (χ4v) is 7.56. The van der Waals surface area contributed by atoms with Crippen LogP contribution in [0.25, 0.3) is 0 Å². The van der Waals surface area contributed by atoms with E-state index in [4.69, 9.17) is 41.1 Å². The summed E-state index contributed by atoms with van der Waals surface area (Å²) < 4.78 is 57.2. The zero-order valence-electron chi connectivity index (χ0n) is 40.1. The first kappa shape index (κ1) is 55.0. The molecule has 1 aromatic heterocycles. The minimum atomic E-state index is -2.95. The Morgan fingerprint density at radius 1 is 0.829 bits per heavy atom. The van der Waals surface area contributed by atoms with Gasteiger partial charge in [-0.25, -0.2) is 8.78 Å². The molecule has 2 amide bonds. The SMILES string of the molecule is CNc1ccc(OCCOCCN=C/C(CCOCCOCCN(C)CCCCOc2ccc(CCC(=O)N(C3CC(F)(F)C3)C(C(=O)NCc3ccc(Cl)cc3)c3ccc(=O)[nH]c3)cc2)=N\N)cc1. The number of nitrogens with two attached hydrogens (primary N) is 1. The van der Waals surface area contributed by atoms with E-state index in [0.29, 0.717) is 94.3 Å². The van der Waals surface area contributed by atoms with Gasteiger partial charge >= 0.3 is 0 Å². The number of carbonyl (C=O) groups is 2. The van der Waals surface area contributed by atoms with Crippen LogP contribution in [0.2, 0.25) is 5.02 Å². The van der Waals surface area contributed by atoms with Gasteiger partial charge in [0.15, 0.2) is 0 Å². The van der Waals surface area contributed by atoms with Crippen LogP contribution < -0.4 is 31.5 Å². The van der Waals surface area contributed by atoms with E-state index in [1.807, 2.05) is 62.6 Å². The number of hydrogen-bond acceptors (Lipinski definition) is 13. The van der Waals surface area contributed by atoms with E-state index in [0.717, 1.165) is 48.5 Å². The van der Waals surface area contributed by atoms with Crippen LogP contribution in [0.15, 0.2) is 106 Å². The number of unbranched alkanes of at least 4 members (excludes halogenated alkanes) is 1. The monoisotopic (exact) mass is 992 g/mol. The number of aryl methyl sites for hydroxylation is 1. The summed E-state index contributed by atoms with van der Waals surface area (Å²) in [4.78, 5) is 50.1. The second-order valence-electron chi connectivity index (χ2n) is 16.8. The first-order valence-electron chi connectivity index (χ1n) is 23.6. The number of ether oxygens (including phenoxy) is 5. The number of nitrogens with one attached hydrogen (secondary N) is 3. The Labute approximate surface area is 413 Å². The van der Waals surface area contributed by atoms with Gasteiger partial charge < -0.3 is 54.9 Å². The zero-order valence-corrected chi connectivity index (χ0v) is 40.8. The highest BCUT2D eigenvalue weighted by Crippen LogP contribution is 2.43. The Bertz CT molecular complexity index is 2260. The van der Waals surface area contributed by atoms with Gasteiger partial charge in [0.05, 0.1) is 58.5 Å². The van der Waals surface area contributed by atoms with Gasteiger partial charge in [-0.1, -0.05) is 35.9 Å². The first-order valence-corrected chi connectivity index (χ1v) is 24.0. The molecule has 1 aliphatic rings. The number of halogens is 3. The maximum Gasteiger partial charge on any atom is 0.252 e. The normalized spacial score (nSPS) is 14.1. The standard InChI is InChI=1S/C51H67ClF2N8O8/c1-56-42-13-17-46(18-14-42)70-32-31-67-27-22-57-37-43(60-55)21-26-66-29-30-68-28-24-61(2)23-3-4-25-69-45-15-7-38(8-16-45)9-20-48(64)62(44-33-51(53,54)34-44)49(40-10-19-47(63)58-36-40)50(65)59-35-39-5-11-41(52)12-6-39/h5-8,10-19,36-37,44,49,56H,3-4,9,20-35,55H2,1-2H3,(H,58,63)(H,59,65)/b57-37?,60-43-. The lowest BCUT2D eigenvalue weighted by molar-refractivity contribution is -0.164. The van der Waals surface area contributed by atoms with Gasteiger partial charge in [-0.3, -0.25) is 19.4 Å². The van der Waals surface area contributed by atoms with Crippen LogP contribution in [0.1, 0.15) is 61.3 Å². The molecule has 3 aromatic carbocycles. The predicted octanol–water partition coefficient (Wildman–Crippen LogP) is 6.68. The first-order chi connectivity index (χ1) is 33.9. The van der Waals surface area contributed by atoms with Crippen molar-refractivity contribution in [3.05, 3.63) is 123 Å². The molecule has 1 heterocycles. The minimum absolute atomic E-state index is 0.0221. The van der Waals surface area contributed by atoms with E-state index in [1.54, 1.807) is 30.5 Å². The average Bonchev–Trinajstić information content (AvgIpc) is 3.35. The number of H-pyrrole nitrogens is 1. The number of hydrogen-bond donors (Lipinski definition) is 4. The largest absolute Gasteiger partial charge is 0.494 e. The molecule has 5 rings (SSSR count). The topological polar surface area (TPSA) is 194 Å². The lowest BCUT2D eigenvalue weighted by Crippen LogP contribution is -2.56. The van der Waals surface area contributed by atoms with Gasteiger partial charge in [-0.05, 0) is 98.6 Å². The molecule has 0 saturated heterocycles. The molecule has 0 radical (unpaired) electrons. The molecule has 70 heavy (non-hydrogen) atoms. The molecule has 0 bridgehead atoms. The van der Waals surface area contributed by atoms with Gasteiger partial charge in [0.25, 0.3) is 5.92 Å². The Kier molecular flexibility index (Phi) is 23.5. The van der Waals surface area contributed by atoms with E-state index in [1.165, 1.54) is 23.2 Å². The van der Waals surface area contributed by atoms with E-state index < -0.39 is 48.2 Å². The van der Waals surface area contributed by atoms with Crippen molar-refractivity contribution in [1.82, 2.24) is 20.1 Å². The molecule has 16 nitrogen and oxygen atoms in total. The van der Waals surface area contributed by atoms with E-state index in [-0.39, 0.29) is 13.0 Å². The lowest BCUT2D eigenvalue weighted by atomic mass is 9.84. The van der Waals surface area contributed by atoms with Crippen molar-refractivity contribution in [1.29, 1.82) is 0 Å². The molecule has 0 aliphatic heterocycles. The van der Waals surface area contributed by atoms with Crippen molar-refractivity contribution in [3.63, 3.8) is 0 Å². The number of amides is 2. The number of likely N-dealkylation sites (N-methyl/N-ethyl adjacent to an activating group) is 1. The average molecular weight is 994 g/mol. The quantitative estimate of drug-likeness (QED) is 0.0172. The predicted molar refractivity (Wildman–Crippen MR) is 268 cm³/mol. The molecule has 380 valence electrons. The number of benzene rings is 3. The third-order valence-electron chi connectivity index (χ3n) is 11.4. The number of rotatable bonds is 33. The number of hydrazone groups is 1. The molecule has 4 aromatic rings. The smallest absolute Gasteiger partial charge is 0.252 e. The van der Waals surface area contributed by atoms with E-state index in [9.17, 15) is 23.2 Å². The number of aromatic amines is 1. The summed E-state index contributed by atoms with van der Waals surface area (Å²) in [5.74, 6) is 3.05. The van der Waals surface area contributed by atoms with Gasteiger partial charge in [0.1, 0.15) is 24.1 Å². The second-order valence-corrected chi connectivity index (χ2v) is 17.3. The fourth-order valence-electron chi connectivity index (χ4n) is 7.43. The maximum atomic E-state index is 14.3. The number of pyridine rings is 1. The Morgan fingerprint density at radius 2 is 1.49 bits per heavy atom. The number of nitrogens with zero attached hydrogens (tertiary/aromatic N) is 4. The molecule has 1 atom stereocenters. The molecule has 1 fully saturated rings. The van der Waals surface area contributed by atoms with Crippen molar-refractivity contribution in [2.75, 3.05) is 91.9 Å². The van der Waals surface area contributed by atoms with Crippen LogP contribution in [-0.2, 0) is 36.8 Å². The highest BCUT2D eigenvalue weighted by molar-refractivity contribution is 6.30. The van der Waals surface area contributed by atoms with E-state index >= 15 is 0 Å². The van der Waals surface area contributed by atoms with Crippen LogP contribution in [0.4, 0.5) is 14.5 Å². The summed E-state index contributed by atoms with van der Waals surface area (Å²) in [6.07, 6.45) is 4.49. The molecule has 1 unspecified atom stereocenters. The van der Waals surface area contributed by atoms with Gasteiger partial charge in [-0.15, -0.1) is 0 Å². The van der Waals surface area contributed by atoms with Crippen molar-refractivity contribution < 1.29 is 42.1 Å². The third-order valence-corrected chi connectivity index (χ3v) is 11.7. The number of aromatic nitrogens is 1. The van der Waals surface area contributed by atoms with Gasteiger partial charge in [0.2, 0.25) is 17.4 Å². The van der Waals surface area contributed by atoms with Crippen LogP contribution in [-0.4, -0.2) is 137 Å². The van der Waals surface area contributed by atoms with Crippen molar-refractivity contribution in [2.45, 2.75) is 69.5 Å². The lowest BCUT2D eigenvalue weighted by Gasteiger charge is -2.45. The minimum Gasteiger partial charge on any atom is -0.494 e.